The Bertz CT molecular complexity index is 574. The number of unbranched alkanes of at least 4 members (excludes halogenated alkanes) is 22. The van der Waals surface area contributed by atoms with Gasteiger partial charge in [-0.05, 0) is 33.1 Å². The fourth-order valence-corrected chi connectivity index (χ4v) is 5.67. The lowest BCUT2D eigenvalue weighted by Gasteiger charge is -2.08. The standard InChI is InChI=1S/C34H67N2/c1-5-7-9-11-13-15-17-18-19-21-23-25-27-29-34-35(31-32-36(34)33(3)4)30-28-26-24-22-20-16-14-12-10-8-6-2/h31-33H,5-30H2,1-4H3/q+1. The molecule has 0 saturated carbocycles. The fourth-order valence-electron chi connectivity index (χ4n) is 5.67. The van der Waals surface area contributed by atoms with E-state index in [4.69, 9.17) is 0 Å². The molecule has 0 aliphatic rings. The van der Waals surface area contributed by atoms with Crippen LogP contribution in [0.3, 0.4) is 0 Å². The number of hydrogen-bond donors (Lipinski definition) is 0. The molecule has 1 aromatic rings. The molecule has 0 unspecified atom stereocenters. The molecule has 2 heteroatoms. The molecule has 36 heavy (non-hydrogen) atoms. The summed E-state index contributed by atoms with van der Waals surface area (Å²) in [6.45, 7) is 10.5. The first-order valence-electron chi connectivity index (χ1n) is 16.8. The largest absolute Gasteiger partial charge is 0.256 e. The Hall–Kier alpha value is -0.790. The second-order valence-corrected chi connectivity index (χ2v) is 11.9. The molecular formula is C34H67N2+. The van der Waals surface area contributed by atoms with Gasteiger partial charge in [0.2, 0.25) is 0 Å². The Labute approximate surface area is 228 Å². The average Bonchev–Trinajstić information content (AvgIpc) is 3.28. The first-order chi connectivity index (χ1) is 17.7. The summed E-state index contributed by atoms with van der Waals surface area (Å²) >= 11 is 0. The summed E-state index contributed by atoms with van der Waals surface area (Å²) in [5.41, 5.74) is 0. The van der Waals surface area contributed by atoms with Crippen LogP contribution in [0.2, 0.25) is 0 Å². The number of rotatable bonds is 27. The quantitative estimate of drug-likeness (QED) is 0.0833. The van der Waals surface area contributed by atoms with Crippen molar-refractivity contribution in [2.24, 2.45) is 0 Å². The molecule has 0 aliphatic heterocycles. The Morgan fingerprint density at radius 3 is 1.28 bits per heavy atom. The van der Waals surface area contributed by atoms with Crippen LogP contribution in [0, 0.1) is 0 Å². The SMILES string of the molecule is CCCCCCCCCCCCCCCc1n(C(C)C)cc[n+]1CCCCCCCCCCCCC. The van der Waals surface area contributed by atoms with Crippen LogP contribution in [0.15, 0.2) is 12.4 Å². The van der Waals surface area contributed by atoms with E-state index >= 15 is 0 Å². The van der Waals surface area contributed by atoms with Gasteiger partial charge in [0.05, 0.1) is 12.6 Å². The van der Waals surface area contributed by atoms with Crippen molar-refractivity contribution < 1.29 is 4.57 Å². The number of aryl methyl sites for hydroxylation is 1. The van der Waals surface area contributed by atoms with Gasteiger partial charge in [0.25, 0.3) is 5.82 Å². The van der Waals surface area contributed by atoms with Crippen molar-refractivity contribution in [3.05, 3.63) is 18.2 Å². The van der Waals surface area contributed by atoms with Gasteiger partial charge in [0, 0.05) is 6.42 Å². The van der Waals surface area contributed by atoms with Crippen LogP contribution in [-0.4, -0.2) is 4.57 Å². The van der Waals surface area contributed by atoms with E-state index < -0.39 is 0 Å². The molecule has 212 valence electrons. The minimum Gasteiger partial charge on any atom is -0.234 e. The predicted octanol–water partition coefficient (Wildman–Crippen LogP) is 11.3. The summed E-state index contributed by atoms with van der Waals surface area (Å²) in [4.78, 5) is 0. The molecule has 1 heterocycles. The van der Waals surface area contributed by atoms with Crippen LogP contribution in [0.4, 0.5) is 0 Å². The molecule has 0 spiro atoms. The van der Waals surface area contributed by atoms with Crippen LogP contribution in [0.5, 0.6) is 0 Å². The molecule has 0 atom stereocenters. The van der Waals surface area contributed by atoms with E-state index in [1.54, 1.807) is 5.82 Å². The van der Waals surface area contributed by atoms with Crippen molar-refractivity contribution in [1.29, 1.82) is 0 Å². The Balaban J connectivity index is 2.11. The summed E-state index contributed by atoms with van der Waals surface area (Å²) in [5, 5.41) is 0. The third-order valence-electron chi connectivity index (χ3n) is 8.10. The molecule has 0 amide bonds. The fraction of sp³-hybridized carbons (Fsp3) is 0.912. The minimum absolute atomic E-state index is 0.570. The highest BCUT2D eigenvalue weighted by Gasteiger charge is 2.18. The molecule has 0 fully saturated rings. The van der Waals surface area contributed by atoms with E-state index in [2.05, 4.69) is 49.2 Å². The van der Waals surface area contributed by atoms with Crippen molar-refractivity contribution in [2.75, 3.05) is 0 Å². The van der Waals surface area contributed by atoms with Crippen LogP contribution in [0.1, 0.15) is 194 Å². The Morgan fingerprint density at radius 1 is 0.528 bits per heavy atom. The van der Waals surface area contributed by atoms with Gasteiger partial charge in [-0.1, -0.05) is 149 Å². The van der Waals surface area contributed by atoms with E-state index in [1.165, 1.54) is 167 Å². The summed E-state index contributed by atoms with van der Waals surface area (Å²) < 4.78 is 5.10. The van der Waals surface area contributed by atoms with Crippen molar-refractivity contribution >= 4 is 0 Å². The first kappa shape index (κ1) is 33.2. The van der Waals surface area contributed by atoms with Gasteiger partial charge in [-0.2, -0.15) is 0 Å². The zero-order valence-corrected chi connectivity index (χ0v) is 25.5. The maximum absolute atomic E-state index is 2.58. The zero-order chi connectivity index (χ0) is 26.1. The molecule has 0 aromatic carbocycles. The highest BCUT2D eigenvalue weighted by atomic mass is 15.2. The number of nitrogens with zero attached hydrogens (tertiary/aromatic N) is 2. The molecular weight excluding hydrogens is 436 g/mol. The van der Waals surface area contributed by atoms with Gasteiger partial charge in [-0.25, -0.2) is 9.13 Å². The van der Waals surface area contributed by atoms with E-state index in [0.29, 0.717) is 6.04 Å². The second-order valence-electron chi connectivity index (χ2n) is 11.9. The molecule has 1 rings (SSSR count). The number of hydrogen-bond acceptors (Lipinski definition) is 0. The molecule has 0 N–H and O–H groups in total. The third kappa shape index (κ3) is 17.6. The van der Waals surface area contributed by atoms with E-state index in [1.807, 2.05) is 0 Å². The summed E-state index contributed by atoms with van der Waals surface area (Å²) in [6.07, 6.45) is 40.3. The molecule has 0 radical (unpaired) electrons. The van der Waals surface area contributed by atoms with Gasteiger partial charge < -0.3 is 0 Å². The van der Waals surface area contributed by atoms with Gasteiger partial charge in [0.1, 0.15) is 12.4 Å². The molecule has 0 aliphatic carbocycles. The predicted molar refractivity (Wildman–Crippen MR) is 161 cm³/mol. The maximum Gasteiger partial charge on any atom is 0.256 e. The topological polar surface area (TPSA) is 8.81 Å². The first-order valence-corrected chi connectivity index (χ1v) is 16.8. The second kappa shape index (κ2) is 24.5. The van der Waals surface area contributed by atoms with Crippen molar-refractivity contribution in [1.82, 2.24) is 4.57 Å². The third-order valence-corrected chi connectivity index (χ3v) is 8.10. The van der Waals surface area contributed by atoms with Crippen LogP contribution >= 0.6 is 0 Å². The van der Waals surface area contributed by atoms with E-state index in [-0.39, 0.29) is 0 Å². The van der Waals surface area contributed by atoms with E-state index in [9.17, 15) is 0 Å². The lowest BCUT2D eigenvalue weighted by Crippen LogP contribution is -2.37. The van der Waals surface area contributed by atoms with Gasteiger partial charge in [0.15, 0.2) is 0 Å². The van der Waals surface area contributed by atoms with Gasteiger partial charge in [-0.3, -0.25) is 0 Å². The Kier molecular flexibility index (Phi) is 22.7. The molecule has 0 bridgehead atoms. The Morgan fingerprint density at radius 2 is 0.889 bits per heavy atom. The summed E-state index contributed by atoms with van der Waals surface area (Å²) in [5.74, 6) is 1.57. The van der Waals surface area contributed by atoms with Gasteiger partial charge >= 0.3 is 0 Å². The lowest BCUT2D eigenvalue weighted by molar-refractivity contribution is -0.704. The minimum atomic E-state index is 0.570. The number of aromatic nitrogens is 2. The smallest absolute Gasteiger partial charge is 0.234 e. The molecule has 0 saturated heterocycles. The van der Waals surface area contributed by atoms with Crippen LogP contribution < -0.4 is 4.57 Å². The maximum atomic E-state index is 2.58. The molecule has 1 aromatic heterocycles. The highest BCUT2D eigenvalue weighted by Crippen LogP contribution is 2.15. The highest BCUT2D eigenvalue weighted by molar-refractivity contribution is 4.86. The van der Waals surface area contributed by atoms with Crippen LogP contribution in [-0.2, 0) is 13.0 Å². The lowest BCUT2D eigenvalue weighted by atomic mass is 10.0. The zero-order valence-electron chi connectivity index (χ0n) is 25.5. The summed E-state index contributed by atoms with van der Waals surface area (Å²) in [6, 6.07) is 0.570. The normalized spacial score (nSPS) is 11.7. The van der Waals surface area contributed by atoms with Crippen molar-refractivity contribution in [3.63, 3.8) is 0 Å². The van der Waals surface area contributed by atoms with Crippen molar-refractivity contribution in [2.45, 2.75) is 201 Å². The van der Waals surface area contributed by atoms with Crippen LogP contribution in [0.25, 0.3) is 0 Å². The van der Waals surface area contributed by atoms with E-state index in [0.717, 1.165) is 0 Å². The average molecular weight is 504 g/mol. The number of imidazole rings is 1. The summed E-state index contributed by atoms with van der Waals surface area (Å²) in [7, 11) is 0. The monoisotopic (exact) mass is 504 g/mol. The van der Waals surface area contributed by atoms with Gasteiger partial charge in [-0.15, -0.1) is 0 Å². The van der Waals surface area contributed by atoms with Crippen molar-refractivity contribution in [3.8, 4) is 0 Å². The molecule has 2 nitrogen and oxygen atoms in total.